The van der Waals surface area contributed by atoms with E-state index in [1.165, 1.54) is 4.68 Å². The topological polar surface area (TPSA) is 65.4 Å². The van der Waals surface area contributed by atoms with E-state index < -0.39 is 0 Å². The number of anilines is 1. The lowest BCUT2D eigenvalue weighted by Gasteiger charge is -2.12. The third-order valence-electron chi connectivity index (χ3n) is 3.38. The van der Waals surface area contributed by atoms with Crippen LogP contribution < -0.4 is 10.9 Å². The van der Waals surface area contributed by atoms with E-state index in [9.17, 15) is 4.79 Å². The van der Waals surface area contributed by atoms with Crippen molar-refractivity contribution in [3.05, 3.63) is 21.6 Å². The molecule has 0 aliphatic carbocycles. The van der Waals surface area contributed by atoms with E-state index in [-0.39, 0.29) is 10.6 Å². The van der Waals surface area contributed by atoms with Gasteiger partial charge >= 0.3 is 0 Å². The third-order valence-corrected chi connectivity index (χ3v) is 3.75. The van der Waals surface area contributed by atoms with Crippen molar-refractivity contribution < 1.29 is 9.47 Å². The van der Waals surface area contributed by atoms with Crippen LogP contribution in [0.2, 0.25) is 5.02 Å². The SMILES string of the molecule is COCCn1ncc(NCCC2CCOC2)c(Cl)c1=O. The van der Waals surface area contributed by atoms with Crippen molar-refractivity contribution >= 4 is 17.3 Å². The molecule has 0 radical (unpaired) electrons. The number of rotatable bonds is 7. The molecule has 1 aromatic rings. The Balaban J connectivity index is 1.91. The van der Waals surface area contributed by atoms with Crippen LogP contribution in [0.4, 0.5) is 5.69 Å². The highest BCUT2D eigenvalue weighted by atomic mass is 35.5. The van der Waals surface area contributed by atoms with Crippen LogP contribution in [0.25, 0.3) is 0 Å². The van der Waals surface area contributed by atoms with Gasteiger partial charge < -0.3 is 14.8 Å². The van der Waals surface area contributed by atoms with Crippen LogP contribution in [0, 0.1) is 5.92 Å². The summed E-state index contributed by atoms with van der Waals surface area (Å²) < 4.78 is 11.6. The zero-order valence-electron chi connectivity index (χ0n) is 11.6. The summed E-state index contributed by atoms with van der Waals surface area (Å²) in [7, 11) is 1.58. The second-order valence-electron chi connectivity index (χ2n) is 4.84. The predicted molar refractivity (Wildman–Crippen MR) is 77.4 cm³/mol. The van der Waals surface area contributed by atoms with Crippen molar-refractivity contribution in [3.8, 4) is 0 Å². The number of aromatic nitrogens is 2. The summed E-state index contributed by atoms with van der Waals surface area (Å²) in [6, 6.07) is 0. The lowest BCUT2D eigenvalue weighted by atomic mass is 10.1. The Labute approximate surface area is 123 Å². The van der Waals surface area contributed by atoms with Crippen LogP contribution in [0.1, 0.15) is 12.8 Å². The van der Waals surface area contributed by atoms with Gasteiger partial charge in [-0.1, -0.05) is 11.6 Å². The maximum atomic E-state index is 12.0. The summed E-state index contributed by atoms with van der Waals surface area (Å²) in [5, 5.41) is 7.43. The molecule has 1 atom stereocenters. The molecule has 112 valence electrons. The molecule has 0 aromatic carbocycles. The summed E-state index contributed by atoms with van der Waals surface area (Å²) in [5.74, 6) is 0.594. The van der Waals surface area contributed by atoms with Crippen molar-refractivity contribution in [3.63, 3.8) is 0 Å². The molecule has 2 heterocycles. The molecule has 1 aromatic heterocycles. The van der Waals surface area contributed by atoms with Gasteiger partial charge in [0.15, 0.2) is 0 Å². The molecule has 1 aliphatic heterocycles. The Morgan fingerprint density at radius 3 is 3.20 bits per heavy atom. The monoisotopic (exact) mass is 301 g/mol. The maximum Gasteiger partial charge on any atom is 0.287 e. The van der Waals surface area contributed by atoms with Gasteiger partial charge in [0.1, 0.15) is 5.02 Å². The molecule has 1 aliphatic rings. The lowest BCUT2D eigenvalue weighted by molar-refractivity contribution is 0.182. The number of nitrogens with zero attached hydrogens (tertiary/aromatic N) is 2. The number of nitrogens with one attached hydrogen (secondary N) is 1. The molecule has 0 spiro atoms. The summed E-state index contributed by atoms with van der Waals surface area (Å²) in [6.07, 6.45) is 3.69. The van der Waals surface area contributed by atoms with Gasteiger partial charge in [0.2, 0.25) is 0 Å². The van der Waals surface area contributed by atoms with E-state index in [1.807, 2.05) is 0 Å². The van der Waals surface area contributed by atoms with E-state index in [0.717, 1.165) is 32.6 Å². The zero-order valence-corrected chi connectivity index (χ0v) is 12.4. The fraction of sp³-hybridized carbons (Fsp3) is 0.692. The molecule has 1 saturated heterocycles. The molecule has 1 unspecified atom stereocenters. The van der Waals surface area contributed by atoms with Crippen LogP contribution in [0.5, 0.6) is 0 Å². The first-order valence-corrected chi connectivity index (χ1v) is 7.16. The summed E-state index contributed by atoms with van der Waals surface area (Å²) in [4.78, 5) is 12.0. The largest absolute Gasteiger partial charge is 0.383 e. The highest BCUT2D eigenvalue weighted by Gasteiger charge is 2.15. The summed E-state index contributed by atoms with van der Waals surface area (Å²) in [6.45, 7) is 3.26. The molecule has 20 heavy (non-hydrogen) atoms. The number of methoxy groups -OCH3 is 1. The van der Waals surface area contributed by atoms with E-state index in [1.54, 1.807) is 13.3 Å². The normalized spacial score (nSPS) is 18.4. The van der Waals surface area contributed by atoms with Gasteiger partial charge in [-0.3, -0.25) is 4.79 Å². The van der Waals surface area contributed by atoms with Crippen molar-refractivity contribution in [2.45, 2.75) is 19.4 Å². The number of ether oxygens (including phenoxy) is 2. The van der Waals surface area contributed by atoms with Crippen molar-refractivity contribution in [2.75, 3.05) is 38.8 Å². The van der Waals surface area contributed by atoms with Gasteiger partial charge in [0, 0.05) is 26.9 Å². The molecular formula is C13H20ClN3O3. The van der Waals surface area contributed by atoms with Gasteiger partial charge in [0.05, 0.1) is 25.0 Å². The highest BCUT2D eigenvalue weighted by molar-refractivity contribution is 6.32. The lowest BCUT2D eigenvalue weighted by Crippen LogP contribution is -2.26. The fourth-order valence-corrected chi connectivity index (χ4v) is 2.36. The van der Waals surface area contributed by atoms with Crippen molar-refractivity contribution in [1.82, 2.24) is 9.78 Å². The standard InChI is InChI=1S/C13H20ClN3O3/c1-19-7-5-17-13(18)12(14)11(8-16-17)15-4-2-10-3-6-20-9-10/h8,10,15H,2-7,9H2,1H3. The smallest absolute Gasteiger partial charge is 0.287 e. The van der Waals surface area contributed by atoms with E-state index in [2.05, 4.69) is 10.4 Å². The summed E-state index contributed by atoms with van der Waals surface area (Å²) >= 11 is 6.07. The predicted octanol–water partition coefficient (Wildman–Crippen LogP) is 1.38. The van der Waals surface area contributed by atoms with Crippen molar-refractivity contribution in [1.29, 1.82) is 0 Å². The van der Waals surface area contributed by atoms with Gasteiger partial charge in [0.25, 0.3) is 5.56 Å². The van der Waals surface area contributed by atoms with Gasteiger partial charge in [-0.05, 0) is 18.8 Å². The Morgan fingerprint density at radius 2 is 2.50 bits per heavy atom. The fourth-order valence-electron chi connectivity index (χ4n) is 2.15. The zero-order chi connectivity index (χ0) is 14.4. The molecule has 6 nitrogen and oxygen atoms in total. The average Bonchev–Trinajstić information content (AvgIpc) is 2.96. The van der Waals surface area contributed by atoms with Crippen molar-refractivity contribution in [2.24, 2.45) is 5.92 Å². The minimum atomic E-state index is -0.294. The molecule has 0 bridgehead atoms. The van der Waals surface area contributed by atoms with Crippen LogP contribution in [-0.4, -0.2) is 43.3 Å². The van der Waals surface area contributed by atoms with E-state index in [4.69, 9.17) is 21.1 Å². The second-order valence-corrected chi connectivity index (χ2v) is 5.22. The Kier molecular flexibility index (Phi) is 5.82. The van der Waals surface area contributed by atoms with Gasteiger partial charge in [-0.2, -0.15) is 5.10 Å². The summed E-state index contributed by atoms with van der Waals surface area (Å²) in [5.41, 5.74) is 0.294. The maximum absolute atomic E-state index is 12.0. The van der Waals surface area contributed by atoms with Crippen LogP contribution in [0.3, 0.4) is 0 Å². The first-order chi connectivity index (χ1) is 9.72. The Bertz CT molecular complexity index is 486. The number of halogens is 1. The first-order valence-electron chi connectivity index (χ1n) is 6.78. The van der Waals surface area contributed by atoms with Crippen LogP contribution in [0.15, 0.2) is 11.0 Å². The van der Waals surface area contributed by atoms with E-state index in [0.29, 0.717) is 24.8 Å². The van der Waals surface area contributed by atoms with Gasteiger partial charge in [-0.25, -0.2) is 4.68 Å². The number of hydrogen-bond donors (Lipinski definition) is 1. The molecule has 2 rings (SSSR count). The molecule has 0 amide bonds. The molecule has 1 fully saturated rings. The Morgan fingerprint density at radius 1 is 1.65 bits per heavy atom. The Hall–Kier alpha value is -1.11. The van der Waals surface area contributed by atoms with Gasteiger partial charge in [-0.15, -0.1) is 0 Å². The van der Waals surface area contributed by atoms with E-state index >= 15 is 0 Å². The molecular weight excluding hydrogens is 282 g/mol. The molecule has 7 heteroatoms. The minimum absolute atomic E-state index is 0.179. The minimum Gasteiger partial charge on any atom is -0.383 e. The third kappa shape index (κ3) is 3.94. The molecule has 1 N–H and O–H groups in total. The van der Waals surface area contributed by atoms with Crippen LogP contribution >= 0.6 is 11.6 Å². The number of hydrogen-bond acceptors (Lipinski definition) is 5. The second kappa shape index (κ2) is 7.61. The quantitative estimate of drug-likeness (QED) is 0.824. The molecule has 0 saturated carbocycles. The average molecular weight is 302 g/mol. The van der Waals surface area contributed by atoms with Crippen LogP contribution in [-0.2, 0) is 16.0 Å². The highest BCUT2D eigenvalue weighted by Crippen LogP contribution is 2.18. The first kappa shape index (κ1) is 15.3.